The summed E-state index contributed by atoms with van der Waals surface area (Å²) in [6, 6.07) is 8.44. The highest BCUT2D eigenvalue weighted by atomic mass is 79.9. The van der Waals surface area contributed by atoms with Crippen LogP contribution in [0.2, 0.25) is 0 Å². The lowest BCUT2D eigenvalue weighted by molar-refractivity contribution is 0.624. The number of nitrogens with two attached hydrogens (primary N) is 1. The zero-order valence-electron chi connectivity index (χ0n) is 10.7. The quantitative estimate of drug-likeness (QED) is 0.770. The Morgan fingerprint density at radius 3 is 2.26 bits per heavy atom. The number of hydrogen-bond acceptors (Lipinski definition) is 1. The standard InChI is InChI=1S/C15H14Br2FN/c1-8-5-10(18)3-4-11(8)15(19)12-7-13(16)9(2)6-14(12)17/h3-7,15H,19H2,1-2H3. The molecule has 2 aromatic rings. The molecule has 19 heavy (non-hydrogen) atoms. The predicted molar refractivity (Wildman–Crippen MR) is 83.7 cm³/mol. The van der Waals surface area contributed by atoms with Crippen LogP contribution in [0.15, 0.2) is 39.3 Å². The van der Waals surface area contributed by atoms with Gasteiger partial charge in [0.05, 0.1) is 6.04 Å². The van der Waals surface area contributed by atoms with Crippen LogP contribution in [0, 0.1) is 19.7 Å². The molecule has 0 heterocycles. The maximum Gasteiger partial charge on any atom is 0.123 e. The molecule has 0 amide bonds. The fraction of sp³-hybridized carbons (Fsp3) is 0.200. The molecule has 4 heteroatoms. The first-order valence-corrected chi connectivity index (χ1v) is 7.46. The molecule has 0 radical (unpaired) electrons. The van der Waals surface area contributed by atoms with Crippen molar-refractivity contribution < 1.29 is 4.39 Å². The molecule has 0 aromatic heterocycles. The first kappa shape index (κ1) is 14.7. The van der Waals surface area contributed by atoms with Crippen molar-refractivity contribution in [3.8, 4) is 0 Å². The van der Waals surface area contributed by atoms with Gasteiger partial charge in [0.2, 0.25) is 0 Å². The largest absolute Gasteiger partial charge is 0.320 e. The number of benzene rings is 2. The minimum Gasteiger partial charge on any atom is -0.320 e. The summed E-state index contributed by atoms with van der Waals surface area (Å²) in [7, 11) is 0. The number of aryl methyl sites for hydroxylation is 2. The molecule has 1 unspecified atom stereocenters. The van der Waals surface area contributed by atoms with E-state index in [1.807, 2.05) is 26.0 Å². The molecule has 0 aliphatic carbocycles. The highest BCUT2D eigenvalue weighted by molar-refractivity contribution is 9.11. The third-order valence-corrected chi connectivity index (χ3v) is 4.72. The van der Waals surface area contributed by atoms with Crippen molar-refractivity contribution >= 4 is 31.9 Å². The molecule has 0 spiro atoms. The van der Waals surface area contributed by atoms with Crippen LogP contribution in [0.4, 0.5) is 4.39 Å². The smallest absolute Gasteiger partial charge is 0.123 e. The summed E-state index contributed by atoms with van der Waals surface area (Å²) in [5.74, 6) is -0.238. The van der Waals surface area contributed by atoms with E-state index in [4.69, 9.17) is 5.73 Å². The van der Waals surface area contributed by atoms with Gasteiger partial charge in [0, 0.05) is 8.95 Å². The molecule has 100 valence electrons. The second-order valence-electron chi connectivity index (χ2n) is 4.60. The zero-order chi connectivity index (χ0) is 14.2. The first-order chi connectivity index (χ1) is 8.90. The summed E-state index contributed by atoms with van der Waals surface area (Å²) in [6.07, 6.45) is 0. The van der Waals surface area contributed by atoms with Gasteiger partial charge < -0.3 is 5.73 Å². The molecular weight excluding hydrogens is 373 g/mol. The van der Waals surface area contributed by atoms with E-state index in [-0.39, 0.29) is 11.9 Å². The summed E-state index contributed by atoms with van der Waals surface area (Å²) < 4.78 is 15.1. The second-order valence-corrected chi connectivity index (χ2v) is 6.31. The molecule has 0 aliphatic rings. The number of hydrogen-bond donors (Lipinski definition) is 1. The van der Waals surface area contributed by atoms with E-state index in [0.29, 0.717) is 0 Å². The van der Waals surface area contributed by atoms with E-state index in [9.17, 15) is 4.39 Å². The van der Waals surface area contributed by atoms with Gasteiger partial charge in [-0.2, -0.15) is 0 Å². The topological polar surface area (TPSA) is 26.0 Å². The summed E-state index contributed by atoms with van der Waals surface area (Å²) in [5.41, 5.74) is 10.2. The van der Waals surface area contributed by atoms with E-state index in [1.165, 1.54) is 12.1 Å². The fourth-order valence-electron chi connectivity index (χ4n) is 2.06. The molecule has 0 saturated heterocycles. The average Bonchev–Trinajstić information content (AvgIpc) is 2.33. The molecular formula is C15H14Br2FN. The Hall–Kier alpha value is -0.710. The lowest BCUT2D eigenvalue weighted by Crippen LogP contribution is -2.14. The molecule has 0 aliphatic heterocycles. The SMILES string of the molecule is Cc1cc(Br)c(C(N)c2ccc(F)cc2C)cc1Br. The van der Waals surface area contributed by atoms with E-state index >= 15 is 0 Å². The van der Waals surface area contributed by atoms with Crippen molar-refractivity contribution in [2.24, 2.45) is 5.73 Å². The van der Waals surface area contributed by atoms with Gasteiger partial charge in [-0.1, -0.05) is 37.9 Å². The molecule has 1 atom stereocenters. The Labute approximate surface area is 129 Å². The van der Waals surface area contributed by atoms with Crippen molar-refractivity contribution in [2.75, 3.05) is 0 Å². The van der Waals surface area contributed by atoms with E-state index < -0.39 is 0 Å². The molecule has 2 N–H and O–H groups in total. The summed E-state index contributed by atoms with van der Waals surface area (Å²) in [4.78, 5) is 0. The van der Waals surface area contributed by atoms with Crippen LogP contribution in [0.25, 0.3) is 0 Å². The third kappa shape index (κ3) is 3.07. The van der Waals surface area contributed by atoms with Crippen molar-refractivity contribution in [2.45, 2.75) is 19.9 Å². The van der Waals surface area contributed by atoms with Crippen LogP contribution in [0.1, 0.15) is 28.3 Å². The van der Waals surface area contributed by atoms with Gasteiger partial charge in [-0.3, -0.25) is 0 Å². The Kier molecular flexibility index (Phi) is 4.43. The van der Waals surface area contributed by atoms with Gasteiger partial charge in [-0.15, -0.1) is 0 Å². The molecule has 0 bridgehead atoms. The zero-order valence-corrected chi connectivity index (χ0v) is 13.8. The summed E-state index contributed by atoms with van der Waals surface area (Å²) >= 11 is 7.06. The lowest BCUT2D eigenvalue weighted by atomic mass is 9.95. The average molecular weight is 387 g/mol. The molecule has 1 nitrogen and oxygen atoms in total. The van der Waals surface area contributed by atoms with Gasteiger partial charge in [0.25, 0.3) is 0 Å². The van der Waals surface area contributed by atoms with Crippen molar-refractivity contribution in [3.63, 3.8) is 0 Å². The minimum absolute atomic E-state index is 0.238. The van der Waals surface area contributed by atoms with Crippen LogP contribution in [-0.2, 0) is 0 Å². The van der Waals surface area contributed by atoms with Crippen molar-refractivity contribution in [1.29, 1.82) is 0 Å². The fourth-order valence-corrected chi connectivity index (χ4v) is 3.12. The van der Waals surface area contributed by atoms with Crippen LogP contribution in [0.5, 0.6) is 0 Å². The highest BCUT2D eigenvalue weighted by Gasteiger charge is 2.16. The first-order valence-electron chi connectivity index (χ1n) is 5.87. The van der Waals surface area contributed by atoms with E-state index in [0.717, 1.165) is 31.2 Å². The van der Waals surface area contributed by atoms with Gasteiger partial charge in [0.1, 0.15) is 5.82 Å². The Morgan fingerprint density at radius 1 is 0.947 bits per heavy atom. The third-order valence-electron chi connectivity index (χ3n) is 3.18. The Balaban J connectivity index is 2.49. The number of rotatable bonds is 2. The van der Waals surface area contributed by atoms with Crippen LogP contribution >= 0.6 is 31.9 Å². The van der Waals surface area contributed by atoms with Crippen LogP contribution in [0.3, 0.4) is 0 Å². The lowest BCUT2D eigenvalue weighted by Gasteiger charge is -2.18. The van der Waals surface area contributed by atoms with Gasteiger partial charge in [0.15, 0.2) is 0 Å². The van der Waals surface area contributed by atoms with Gasteiger partial charge in [-0.05, 0) is 60.4 Å². The van der Waals surface area contributed by atoms with Gasteiger partial charge >= 0.3 is 0 Å². The molecule has 0 saturated carbocycles. The molecule has 2 aromatic carbocycles. The molecule has 2 rings (SSSR count). The Bertz CT molecular complexity index is 626. The normalized spacial score (nSPS) is 12.5. The monoisotopic (exact) mass is 385 g/mol. The van der Waals surface area contributed by atoms with E-state index in [2.05, 4.69) is 31.9 Å². The Morgan fingerprint density at radius 2 is 1.63 bits per heavy atom. The van der Waals surface area contributed by atoms with Crippen molar-refractivity contribution in [3.05, 3.63) is 67.3 Å². The minimum atomic E-state index is -0.285. The van der Waals surface area contributed by atoms with Crippen molar-refractivity contribution in [1.82, 2.24) is 0 Å². The second kappa shape index (κ2) is 5.73. The molecule has 0 fully saturated rings. The van der Waals surface area contributed by atoms with Crippen LogP contribution < -0.4 is 5.73 Å². The van der Waals surface area contributed by atoms with Crippen LogP contribution in [-0.4, -0.2) is 0 Å². The summed E-state index contributed by atoms with van der Waals surface area (Å²) in [5, 5.41) is 0. The number of halogens is 3. The highest BCUT2D eigenvalue weighted by Crippen LogP contribution is 2.32. The maximum atomic E-state index is 13.2. The summed E-state index contributed by atoms with van der Waals surface area (Å²) in [6.45, 7) is 3.89. The van der Waals surface area contributed by atoms with E-state index in [1.54, 1.807) is 6.07 Å². The van der Waals surface area contributed by atoms with Gasteiger partial charge in [-0.25, -0.2) is 4.39 Å². The maximum absolute atomic E-state index is 13.2. The predicted octanol–water partition coefficient (Wildman–Crippen LogP) is 5.02.